The quantitative estimate of drug-likeness (QED) is 0.752. The zero-order valence-corrected chi connectivity index (χ0v) is 14.1. The standard InChI is InChI=1S/C16H27NO5/c1-14(2,3)22-13(20)11-10(15(11,4)5)12(19)17-16(8-18)6-7-21-9-16/h10-11,18H,6-9H2,1-5H3,(H,17,19)/t10-,11+,16?/m1/s1. The molecule has 1 heterocycles. The molecule has 1 saturated carbocycles. The van der Waals surface area contributed by atoms with Gasteiger partial charge in [0.1, 0.15) is 5.60 Å². The zero-order chi connectivity index (χ0) is 16.8. The first-order valence-electron chi connectivity index (χ1n) is 7.76. The summed E-state index contributed by atoms with van der Waals surface area (Å²) in [6.07, 6.45) is 0.583. The molecule has 0 spiro atoms. The number of carbonyl (C=O) groups excluding carboxylic acids is 2. The van der Waals surface area contributed by atoms with Gasteiger partial charge in [-0.25, -0.2) is 0 Å². The maximum atomic E-state index is 12.5. The number of aliphatic hydroxyl groups excluding tert-OH is 1. The zero-order valence-electron chi connectivity index (χ0n) is 14.1. The Labute approximate surface area is 131 Å². The van der Waals surface area contributed by atoms with Gasteiger partial charge in [-0.05, 0) is 32.6 Å². The second-order valence-electron chi connectivity index (χ2n) is 8.04. The normalized spacial score (nSPS) is 33.4. The van der Waals surface area contributed by atoms with E-state index in [0.29, 0.717) is 19.6 Å². The van der Waals surface area contributed by atoms with E-state index in [1.54, 1.807) is 0 Å². The van der Waals surface area contributed by atoms with E-state index < -0.39 is 28.4 Å². The van der Waals surface area contributed by atoms with Crippen LogP contribution in [0.4, 0.5) is 0 Å². The van der Waals surface area contributed by atoms with E-state index in [0.717, 1.165) is 0 Å². The minimum Gasteiger partial charge on any atom is -0.460 e. The maximum absolute atomic E-state index is 12.5. The largest absolute Gasteiger partial charge is 0.460 e. The lowest BCUT2D eigenvalue weighted by Gasteiger charge is -2.26. The summed E-state index contributed by atoms with van der Waals surface area (Å²) in [4.78, 5) is 24.8. The monoisotopic (exact) mass is 313 g/mol. The molecule has 1 amide bonds. The Bertz CT molecular complexity index is 460. The molecular weight excluding hydrogens is 286 g/mol. The molecule has 0 aromatic rings. The van der Waals surface area contributed by atoms with Crippen molar-refractivity contribution in [1.29, 1.82) is 0 Å². The van der Waals surface area contributed by atoms with E-state index in [9.17, 15) is 14.7 Å². The van der Waals surface area contributed by atoms with Crippen LogP contribution in [0, 0.1) is 17.3 Å². The van der Waals surface area contributed by atoms with Crippen molar-refractivity contribution >= 4 is 11.9 Å². The molecule has 2 aliphatic rings. The number of rotatable bonds is 4. The predicted octanol–water partition coefficient (Wildman–Crippen LogP) is 0.868. The van der Waals surface area contributed by atoms with Gasteiger partial charge in [0.25, 0.3) is 0 Å². The first-order chi connectivity index (χ1) is 10.0. The maximum Gasteiger partial charge on any atom is 0.310 e. The first kappa shape index (κ1) is 17.2. The number of carbonyl (C=O) groups is 2. The molecule has 2 rings (SSSR count). The van der Waals surface area contributed by atoms with E-state index in [4.69, 9.17) is 9.47 Å². The molecular formula is C16H27NO5. The molecule has 126 valence electrons. The number of esters is 1. The van der Waals surface area contributed by atoms with Gasteiger partial charge in [-0.15, -0.1) is 0 Å². The van der Waals surface area contributed by atoms with E-state index >= 15 is 0 Å². The minimum atomic E-state index is -0.714. The fourth-order valence-corrected chi connectivity index (χ4v) is 3.14. The van der Waals surface area contributed by atoms with Crippen LogP contribution >= 0.6 is 0 Å². The molecule has 1 aliphatic carbocycles. The summed E-state index contributed by atoms with van der Waals surface area (Å²) in [5.74, 6) is -1.41. The summed E-state index contributed by atoms with van der Waals surface area (Å²) in [6, 6.07) is 0. The van der Waals surface area contributed by atoms with Crippen molar-refractivity contribution in [3.63, 3.8) is 0 Å². The second kappa shape index (κ2) is 5.49. The Morgan fingerprint density at radius 2 is 1.95 bits per heavy atom. The molecule has 0 bridgehead atoms. The van der Waals surface area contributed by atoms with E-state index in [-0.39, 0.29) is 18.5 Å². The van der Waals surface area contributed by atoms with Crippen molar-refractivity contribution < 1.29 is 24.2 Å². The average molecular weight is 313 g/mol. The Morgan fingerprint density at radius 3 is 2.41 bits per heavy atom. The van der Waals surface area contributed by atoms with Crippen LogP contribution in [0.1, 0.15) is 41.0 Å². The molecule has 2 fully saturated rings. The second-order valence-corrected chi connectivity index (χ2v) is 8.04. The van der Waals surface area contributed by atoms with Crippen LogP contribution in [0.15, 0.2) is 0 Å². The number of amides is 1. The fraction of sp³-hybridized carbons (Fsp3) is 0.875. The number of hydrogen-bond donors (Lipinski definition) is 2. The summed E-state index contributed by atoms with van der Waals surface area (Å²) < 4.78 is 10.7. The summed E-state index contributed by atoms with van der Waals surface area (Å²) in [7, 11) is 0. The average Bonchev–Trinajstić information content (AvgIpc) is 2.73. The van der Waals surface area contributed by atoms with Gasteiger partial charge in [0.05, 0.1) is 30.6 Å². The van der Waals surface area contributed by atoms with E-state index in [1.807, 2.05) is 34.6 Å². The third-order valence-electron chi connectivity index (χ3n) is 4.56. The SMILES string of the molecule is CC(C)(C)OC(=O)[C@@H]1[C@H](C(=O)NC2(CO)CCOC2)C1(C)C. The number of nitrogens with one attached hydrogen (secondary N) is 1. The topological polar surface area (TPSA) is 84.9 Å². The van der Waals surface area contributed by atoms with E-state index in [2.05, 4.69) is 5.32 Å². The van der Waals surface area contributed by atoms with Crippen molar-refractivity contribution in [1.82, 2.24) is 5.32 Å². The Kier molecular flexibility index (Phi) is 4.30. The highest BCUT2D eigenvalue weighted by Crippen LogP contribution is 2.59. The van der Waals surface area contributed by atoms with Crippen molar-refractivity contribution in [2.45, 2.75) is 52.2 Å². The lowest BCUT2D eigenvalue weighted by molar-refractivity contribution is -0.158. The molecule has 1 aliphatic heterocycles. The summed E-state index contributed by atoms with van der Waals surface area (Å²) in [5, 5.41) is 12.4. The third-order valence-corrected chi connectivity index (χ3v) is 4.56. The van der Waals surface area contributed by atoms with E-state index in [1.165, 1.54) is 0 Å². The van der Waals surface area contributed by atoms with Gasteiger partial charge in [-0.2, -0.15) is 0 Å². The van der Waals surface area contributed by atoms with Crippen LogP contribution in [-0.4, -0.2) is 47.9 Å². The predicted molar refractivity (Wildman–Crippen MR) is 80.0 cm³/mol. The molecule has 22 heavy (non-hydrogen) atoms. The Morgan fingerprint density at radius 1 is 1.32 bits per heavy atom. The van der Waals surface area contributed by atoms with Crippen LogP contribution < -0.4 is 5.32 Å². The lowest BCUT2D eigenvalue weighted by Crippen LogP contribution is -2.53. The Balaban J connectivity index is 2.03. The molecule has 0 aromatic carbocycles. The van der Waals surface area contributed by atoms with Gasteiger partial charge in [0, 0.05) is 6.61 Å². The van der Waals surface area contributed by atoms with Crippen LogP contribution in [0.25, 0.3) is 0 Å². The van der Waals surface area contributed by atoms with Gasteiger partial charge in [-0.3, -0.25) is 9.59 Å². The van der Waals surface area contributed by atoms with Gasteiger partial charge >= 0.3 is 5.97 Å². The van der Waals surface area contributed by atoms with Crippen molar-refractivity contribution in [2.75, 3.05) is 19.8 Å². The molecule has 1 unspecified atom stereocenters. The van der Waals surface area contributed by atoms with Crippen molar-refractivity contribution in [2.24, 2.45) is 17.3 Å². The van der Waals surface area contributed by atoms with Gasteiger partial charge in [-0.1, -0.05) is 13.8 Å². The summed E-state index contributed by atoms with van der Waals surface area (Å²) in [5.41, 5.74) is -1.71. The summed E-state index contributed by atoms with van der Waals surface area (Å²) >= 11 is 0. The highest BCUT2D eigenvalue weighted by molar-refractivity contribution is 5.92. The smallest absolute Gasteiger partial charge is 0.310 e. The number of ether oxygens (including phenoxy) is 2. The van der Waals surface area contributed by atoms with Crippen molar-refractivity contribution in [3.8, 4) is 0 Å². The Hall–Kier alpha value is -1.14. The number of aliphatic hydroxyl groups is 1. The number of hydrogen-bond acceptors (Lipinski definition) is 5. The molecule has 0 radical (unpaired) electrons. The van der Waals surface area contributed by atoms with Crippen LogP contribution in [0.3, 0.4) is 0 Å². The highest BCUT2D eigenvalue weighted by atomic mass is 16.6. The van der Waals surface area contributed by atoms with Crippen LogP contribution in [0.5, 0.6) is 0 Å². The highest BCUT2D eigenvalue weighted by Gasteiger charge is 2.67. The molecule has 0 aromatic heterocycles. The molecule has 2 N–H and O–H groups in total. The van der Waals surface area contributed by atoms with Crippen LogP contribution in [-0.2, 0) is 19.1 Å². The molecule has 3 atom stereocenters. The third kappa shape index (κ3) is 3.27. The minimum absolute atomic E-state index is 0.164. The van der Waals surface area contributed by atoms with Gasteiger partial charge in [0.15, 0.2) is 0 Å². The molecule has 1 saturated heterocycles. The first-order valence-corrected chi connectivity index (χ1v) is 7.76. The summed E-state index contributed by atoms with van der Waals surface area (Å²) in [6.45, 7) is 9.88. The molecule has 6 heteroatoms. The van der Waals surface area contributed by atoms with Crippen molar-refractivity contribution in [3.05, 3.63) is 0 Å². The molecule has 6 nitrogen and oxygen atoms in total. The van der Waals surface area contributed by atoms with Gasteiger partial charge < -0.3 is 19.9 Å². The fourth-order valence-electron chi connectivity index (χ4n) is 3.14. The lowest BCUT2D eigenvalue weighted by atomic mass is 9.99. The van der Waals surface area contributed by atoms with Crippen LogP contribution in [0.2, 0.25) is 0 Å². The van der Waals surface area contributed by atoms with Gasteiger partial charge in [0.2, 0.25) is 5.91 Å².